The quantitative estimate of drug-likeness (QED) is 0.655. The van der Waals surface area contributed by atoms with Crippen molar-refractivity contribution in [1.29, 1.82) is 0 Å². The molecular weight excluding hydrogens is 188 g/mol. The van der Waals surface area contributed by atoms with Gasteiger partial charge in [0.15, 0.2) is 5.78 Å². The molecule has 0 spiro atoms. The van der Waals surface area contributed by atoms with Crippen LogP contribution >= 0.6 is 23.5 Å². The van der Waals surface area contributed by atoms with E-state index in [0.717, 1.165) is 9.81 Å². The van der Waals surface area contributed by atoms with E-state index < -0.39 is 0 Å². The van der Waals surface area contributed by atoms with Crippen molar-refractivity contribution in [1.82, 2.24) is 0 Å². The maximum atomic E-state index is 11.5. The van der Waals surface area contributed by atoms with Crippen molar-refractivity contribution in [2.75, 3.05) is 12.5 Å². The van der Waals surface area contributed by atoms with Crippen molar-refractivity contribution in [2.45, 2.75) is 20.8 Å². The Labute approximate surface area is 83.4 Å². The lowest BCUT2D eigenvalue weighted by molar-refractivity contribution is -0.118. The first-order valence-electron chi connectivity index (χ1n) is 3.87. The van der Waals surface area contributed by atoms with Gasteiger partial charge in [0.25, 0.3) is 0 Å². The largest absolute Gasteiger partial charge is 0.294 e. The molecule has 0 saturated carbocycles. The Hall–Kier alpha value is 0.110. The van der Waals surface area contributed by atoms with Crippen LogP contribution < -0.4 is 0 Å². The highest BCUT2D eigenvalue weighted by atomic mass is 32.2. The Morgan fingerprint density at radius 3 is 1.83 bits per heavy atom. The maximum Gasteiger partial charge on any atom is 0.162 e. The first-order valence-corrected chi connectivity index (χ1v) is 6.32. The highest BCUT2D eigenvalue weighted by Gasteiger charge is 2.12. The third kappa shape index (κ3) is 3.23. The van der Waals surface area contributed by atoms with Gasteiger partial charge in [0, 0.05) is 15.7 Å². The molecule has 0 amide bonds. The van der Waals surface area contributed by atoms with Crippen molar-refractivity contribution >= 4 is 29.3 Å². The summed E-state index contributed by atoms with van der Waals surface area (Å²) in [7, 11) is 0. The van der Waals surface area contributed by atoms with Crippen LogP contribution in [0.2, 0.25) is 0 Å². The Kier molecular flexibility index (Phi) is 5.76. The van der Waals surface area contributed by atoms with Crippen molar-refractivity contribution in [2.24, 2.45) is 5.92 Å². The summed E-state index contributed by atoms with van der Waals surface area (Å²) in [5.74, 6) is 0.369. The molecule has 0 atom stereocenters. The molecule has 0 heterocycles. The fraction of sp³-hybridized carbons (Fsp3) is 0.667. The Balaban J connectivity index is 4.62. The number of hydrogen-bond donors (Lipinski definition) is 0. The molecule has 0 radical (unpaired) electrons. The van der Waals surface area contributed by atoms with E-state index in [-0.39, 0.29) is 11.7 Å². The number of ketones is 1. The summed E-state index contributed by atoms with van der Waals surface area (Å²) in [6, 6.07) is 0. The Morgan fingerprint density at radius 1 is 1.17 bits per heavy atom. The predicted octanol–water partition coefficient (Wildman–Crippen LogP) is 3.17. The van der Waals surface area contributed by atoms with Crippen LogP contribution in [0.5, 0.6) is 0 Å². The third-order valence-corrected chi connectivity index (χ3v) is 3.92. The van der Waals surface area contributed by atoms with Crippen LogP contribution in [0.25, 0.3) is 0 Å². The molecule has 0 rings (SSSR count). The molecule has 3 heteroatoms. The van der Waals surface area contributed by atoms with E-state index in [0.29, 0.717) is 0 Å². The minimum atomic E-state index is 0.110. The average Bonchev–Trinajstić information content (AvgIpc) is 2.05. The second kappa shape index (κ2) is 5.70. The number of Topliss-reactive ketones (excluding diaryl/α,β-unsaturated/α-hetero) is 1. The fourth-order valence-electron chi connectivity index (χ4n) is 0.923. The average molecular weight is 204 g/mol. The van der Waals surface area contributed by atoms with Gasteiger partial charge in [-0.1, -0.05) is 13.8 Å². The summed E-state index contributed by atoms with van der Waals surface area (Å²) >= 11 is 3.29. The zero-order chi connectivity index (χ0) is 9.72. The molecule has 0 aromatic rings. The van der Waals surface area contributed by atoms with Gasteiger partial charge in [0.2, 0.25) is 0 Å². The maximum absolute atomic E-state index is 11.5. The molecule has 0 aliphatic heterocycles. The van der Waals surface area contributed by atoms with Crippen LogP contribution in [-0.4, -0.2) is 18.3 Å². The Morgan fingerprint density at radius 2 is 1.58 bits per heavy atom. The van der Waals surface area contributed by atoms with Gasteiger partial charge in [-0.3, -0.25) is 4.79 Å². The van der Waals surface area contributed by atoms with E-state index in [4.69, 9.17) is 0 Å². The molecule has 12 heavy (non-hydrogen) atoms. The molecule has 0 bridgehead atoms. The smallest absolute Gasteiger partial charge is 0.162 e. The summed E-state index contributed by atoms with van der Waals surface area (Å²) in [5, 5.41) is 0. The van der Waals surface area contributed by atoms with E-state index in [1.807, 2.05) is 33.3 Å². The van der Waals surface area contributed by atoms with Crippen molar-refractivity contribution in [3.63, 3.8) is 0 Å². The molecule has 1 nitrogen and oxygen atoms in total. The van der Waals surface area contributed by atoms with E-state index in [1.54, 1.807) is 23.5 Å². The lowest BCUT2D eigenvalue weighted by Gasteiger charge is -2.08. The SMILES string of the molecule is CSC(SC)=C(C)C(=O)C(C)C. The standard InChI is InChI=1S/C9H16OS2/c1-6(2)8(10)7(3)9(11-4)12-5/h6H,1-5H3. The molecule has 0 aromatic heterocycles. The summed E-state index contributed by atoms with van der Waals surface area (Å²) in [6.07, 6.45) is 4.01. The number of thioether (sulfide) groups is 2. The predicted molar refractivity (Wildman–Crippen MR) is 59.6 cm³/mol. The van der Waals surface area contributed by atoms with E-state index >= 15 is 0 Å². The van der Waals surface area contributed by atoms with Crippen LogP contribution in [0.4, 0.5) is 0 Å². The zero-order valence-electron chi connectivity index (χ0n) is 8.30. The van der Waals surface area contributed by atoms with Crippen LogP contribution in [0.1, 0.15) is 20.8 Å². The second-order valence-corrected chi connectivity index (χ2v) is 4.73. The van der Waals surface area contributed by atoms with Gasteiger partial charge < -0.3 is 0 Å². The molecule has 0 aromatic carbocycles. The highest BCUT2D eigenvalue weighted by Crippen LogP contribution is 2.28. The molecule has 0 unspecified atom stereocenters. The van der Waals surface area contributed by atoms with Gasteiger partial charge in [0.1, 0.15) is 0 Å². The third-order valence-electron chi connectivity index (χ3n) is 1.57. The van der Waals surface area contributed by atoms with Crippen molar-refractivity contribution in [3.8, 4) is 0 Å². The monoisotopic (exact) mass is 204 g/mol. The molecule has 0 saturated heterocycles. The lowest BCUT2D eigenvalue weighted by atomic mass is 10.0. The zero-order valence-corrected chi connectivity index (χ0v) is 9.94. The molecular formula is C9H16OS2. The molecule has 0 N–H and O–H groups in total. The molecule has 0 aliphatic rings. The summed E-state index contributed by atoms with van der Waals surface area (Å²) in [5.41, 5.74) is 0.907. The molecule has 0 fully saturated rings. The van der Waals surface area contributed by atoms with Gasteiger partial charge in [0.05, 0.1) is 0 Å². The minimum absolute atomic E-state index is 0.110. The normalized spacial score (nSPS) is 10.2. The lowest BCUT2D eigenvalue weighted by Crippen LogP contribution is -2.08. The Bertz CT molecular complexity index is 189. The summed E-state index contributed by atoms with van der Waals surface area (Å²) in [6.45, 7) is 5.78. The number of allylic oxidation sites excluding steroid dienone is 1. The summed E-state index contributed by atoms with van der Waals surface area (Å²) in [4.78, 5) is 11.5. The fourth-order valence-corrected chi connectivity index (χ4v) is 2.40. The van der Waals surface area contributed by atoms with E-state index in [9.17, 15) is 4.79 Å². The van der Waals surface area contributed by atoms with E-state index in [1.165, 1.54) is 0 Å². The van der Waals surface area contributed by atoms with Gasteiger partial charge in [-0.15, -0.1) is 23.5 Å². The number of carbonyl (C=O) groups is 1. The van der Waals surface area contributed by atoms with E-state index in [2.05, 4.69) is 0 Å². The van der Waals surface area contributed by atoms with Gasteiger partial charge in [-0.05, 0) is 19.4 Å². The van der Waals surface area contributed by atoms with Gasteiger partial charge in [-0.25, -0.2) is 0 Å². The topological polar surface area (TPSA) is 17.1 Å². The second-order valence-electron chi connectivity index (χ2n) is 2.84. The number of carbonyl (C=O) groups excluding carboxylic acids is 1. The van der Waals surface area contributed by atoms with Gasteiger partial charge in [-0.2, -0.15) is 0 Å². The van der Waals surface area contributed by atoms with Crippen LogP contribution in [0, 0.1) is 5.92 Å². The first-order chi connectivity index (χ1) is 5.54. The van der Waals surface area contributed by atoms with Crippen molar-refractivity contribution < 1.29 is 4.79 Å². The number of hydrogen-bond acceptors (Lipinski definition) is 3. The van der Waals surface area contributed by atoms with Crippen LogP contribution in [0.15, 0.2) is 9.81 Å². The highest BCUT2D eigenvalue weighted by molar-refractivity contribution is 8.21. The van der Waals surface area contributed by atoms with Crippen LogP contribution in [0.3, 0.4) is 0 Å². The van der Waals surface area contributed by atoms with Crippen molar-refractivity contribution in [3.05, 3.63) is 9.81 Å². The number of rotatable bonds is 4. The molecule has 70 valence electrons. The first kappa shape index (κ1) is 12.1. The van der Waals surface area contributed by atoms with Crippen LogP contribution in [-0.2, 0) is 4.79 Å². The molecule has 0 aliphatic carbocycles. The summed E-state index contributed by atoms with van der Waals surface area (Å²) < 4.78 is 1.13. The minimum Gasteiger partial charge on any atom is -0.294 e. The van der Waals surface area contributed by atoms with Gasteiger partial charge >= 0.3 is 0 Å².